The monoisotopic (exact) mass is 344 g/mol. The summed E-state index contributed by atoms with van der Waals surface area (Å²) in [5, 5.41) is 2.87. The lowest BCUT2D eigenvalue weighted by molar-refractivity contribution is 0.0816. The molecule has 0 saturated carbocycles. The van der Waals surface area contributed by atoms with E-state index in [0.29, 0.717) is 24.6 Å². The molecule has 0 aliphatic rings. The van der Waals surface area contributed by atoms with Gasteiger partial charge in [0, 0.05) is 24.9 Å². The highest BCUT2D eigenvalue weighted by Gasteiger charge is 2.22. The normalized spacial score (nSPS) is 11.0. The Morgan fingerprint density at radius 3 is 2.64 bits per heavy atom. The van der Waals surface area contributed by atoms with Crippen molar-refractivity contribution in [1.82, 2.24) is 10.3 Å². The molecule has 0 radical (unpaired) electrons. The lowest BCUT2D eigenvalue weighted by Crippen LogP contribution is -2.43. The molecule has 0 atom stereocenters. The fourth-order valence-electron chi connectivity index (χ4n) is 2.31. The van der Waals surface area contributed by atoms with Crippen LogP contribution in [0.4, 0.5) is 0 Å². The van der Waals surface area contributed by atoms with Gasteiger partial charge in [0.25, 0.3) is 5.91 Å². The van der Waals surface area contributed by atoms with Gasteiger partial charge < -0.3 is 19.5 Å². The maximum Gasteiger partial charge on any atom is 0.270 e. The Kier molecular flexibility index (Phi) is 6.36. The minimum Gasteiger partial charge on any atom is -0.497 e. The lowest BCUT2D eigenvalue weighted by Gasteiger charge is -2.27. The van der Waals surface area contributed by atoms with Crippen LogP contribution in [-0.2, 0) is 11.3 Å². The highest BCUT2D eigenvalue weighted by Crippen LogP contribution is 2.23. The summed E-state index contributed by atoms with van der Waals surface area (Å²) in [6.45, 7) is 4.47. The molecular weight excluding hydrogens is 320 g/mol. The number of hydrogen-bond donors (Lipinski definition) is 1. The number of ether oxygens (including phenoxy) is 3. The van der Waals surface area contributed by atoms with E-state index < -0.39 is 5.60 Å². The Balaban J connectivity index is 2.00. The highest BCUT2D eigenvalue weighted by atomic mass is 16.5. The summed E-state index contributed by atoms with van der Waals surface area (Å²) in [6.07, 6.45) is 1.59. The molecule has 1 amide bonds. The van der Waals surface area contributed by atoms with Crippen molar-refractivity contribution >= 4 is 5.91 Å². The Morgan fingerprint density at radius 1 is 1.16 bits per heavy atom. The molecule has 0 saturated heterocycles. The highest BCUT2D eigenvalue weighted by molar-refractivity contribution is 5.93. The quantitative estimate of drug-likeness (QED) is 0.797. The molecule has 2 aromatic rings. The van der Waals surface area contributed by atoms with Crippen LogP contribution in [0.5, 0.6) is 11.5 Å². The van der Waals surface area contributed by atoms with E-state index >= 15 is 0 Å². The van der Waals surface area contributed by atoms with Crippen molar-refractivity contribution in [3.05, 3.63) is 53.9 Å². The second kappa shape index (κ2) is 8.48. The molecular formula is C19H24N2O4. The van der Waals surface area contributed by atoms with Crippen LogP contribution in [0, 0.1) is 0 Å². The third-order valence-corrected chi connectivity index (χ3v) is 3.52. The van der Waals surface area contributed by atoms with Crippen LogP contribution in [0.3, 0.4) is 0 Å². The number of benzene rings is 1. The van der Waals surface area contributed by atoms with Gasteiger partial charge in [-0.05, 0) is 32.0 Å². The fraction of sp³-hybridized carbons (Fsp3) is 0.368. The first-order valence-electron chi connectivity index (χ1n) is 7.99. The SMILES string of the molecule is COCc1cccnc1C(=O)NCC(C)(C)Oc1cccc(OC)c1. The number of hydrogen-bond acceptors (Lipinski definition) is 5. The van der Waals surface area contributed by atoms with Crippen LogP contribution in [0.15, 0.2) is 42.6 Å². The summed E-state index contributed by atoms with van der Waals surface area (Å²) in [7, 11) is 3.19. The van der Waals surface area contributed by atoms with Gasteiger partial charge in [0.05, 0.1) is 20.3 Å². The molecule has 6 nitrogen and oxygen atoms in total. The number of nitrogens with zero attached hydrogens (tertiary/aromatic N) is 1. The maximum absolute atomic E-state index is 12.4. The second-order valence-corrected chi connectivity index (χ2v) is 6.17. The molecule has 6 heteroatoms. The molecule has 0 bridgehead atoms. The van der Waals surface area contributed by atoms with Gasteiger partial charge in [-0.25, -0.2) is 0 Å². The van der Waals surface area contributed by atoms with Gasteiger partial charge in [0.15, 0.2) is 0 Å². The number of methoxy groups -OCH3 is 2. The number of rotatable bonds is 8. The minimum absolute atomic E-state index is 0.255. The second-order valence-electron chi connectivity index (χ2n) is 6.17. The van der Waals surface area contributed by atoms with Crippen LogP contribution in [0.2, 0.25) is 0 Å². The predicted molar refractivity (Wildman–Crippen MR) is 95.0 cm³/mol. The maximum atomic E-state index is 12.4. The summed E-state index contributed by atoms with van der Waals surface area (Å²) < 4.78 is 16.3. The summed E-state index contributed by atoms with van der Waals surface area (Å²) in [6, 6.07) is 11.0. The van der Waals surface area contributed by atoms with E-state index in [1.165, 1.54) is 0 Å². The standard InChI is InChI=1S/C19H24N2O4/c1-19(2,25-16-9-5-8-15(11-16)24-4)13-21-18(22)17-14(12-23-3)7-6-10-20-17/h5-11H,12-13H2,1-4H3,(H,21,22). The predicted octanol–water partition coefficient (Wildman–Crippen LogP) is 2.82. The van der Waals surface area contributed by atoms with Gasteiger partial charge in [-0.2, -0.15) is 0 Å². The molecule has 1 aromatic carbocycles. The zero-order valence-electron chi connectivity index (χ0n) is 15.0. The van der Waals surface area contributed by atoms with Gasteiger partial charge in [0.2, 0.25) is 0 Å². The first kappa shape index (κ1) is 18.7. The van der Waals surface area contributed by atoms with Crippen LogP contribution < -0.4 is 14.8 Å². The zero-order chi connectivity index (χ0) is 18.3. The van der Waals surface area contributed by atoms with Crippen LogP contribution >= 0.6 is 0 Å². The van der Waals surface area contributed by atoms with Crippen molar-refractivity contribution in [1.29, 1.82) is 0 Å². The molecule has 0 aliphatic carbocycles. The van der Waals surface area contributed by atoms with Gasteiger partial charge in [0.1, 0.15) is 22.8 Å². The summed E-state index contributed by atoms with van der Waals surface area (Å²) >= 11 is 0. The fourth-order valence-corrected chi connectivity index (χ4v) is 2.31. The number of amides is 1. The van der Waals surface area contributed by atoms with Crippen molar-refractivity contribution in [2.75, 3.05) is 20.8 Å². The van der Waals surface area contributed by atoms with Crippen LogP contribution in [0.25, 0.3) is 0 Å². The van der Waals surface area contributed by atoms with Crippen molar-refractivity contribution in [2.24, 2.45) is 0 Å². The van der Waals surface area contributed by atoms with Crippen LogP contribution in [0.1, 0.15) is 29.9 Å². The number of carbonyl (C=O) groups is 1. The molecule has 0 unspecified atom stereocenters. The molecule has 1 aromatic heterocycles. The van der Waals surface area contributed by atoms with Crippen LogP contribution in [-0.4, -0.2) is 37.3 Å². The average Bonchev–Trinajstić information content (AvgIpc) is 2.60. The Bertz CT molecular complexity index is 716. The zero-order valence-corrected chi connectivity index (χ0v) is 15.0. The summed E-state index contributed by atoms with van der Waals surface area (Å²) in [5.74, 6) is 1.14. The largest absolute Gasteiger partial charge is 0.497 e. The van der Waals surface area contributed by atoms with E-state index in [-0.39, 0.29) is 5.91 Å². The topological polar surface area (TPSA) is 69.7 Å². The summed E-state index contributed by atoms with van der Waals surface area (Å²) in [4.78, 5) is 16.6. The number of carbonyl (C=O) groups excluding carboxylic acids is 1. The van der Waals surface area contributed by atoms with Crippen molar-refractivity contribution in [3.63, 3.8) is 0 Å². The first-order valence-corrected chi connectivity index (χ1v) is 7.99. The number of nitrogens with one attached hydrogen (secondary N) is 1. The average molecular weight is 344 g/mol. The van der Waals surface area contributed by atoms with Gasteiger partial charge in [-0.1, -0.05) is 12.1 Å². The van der Waals surface area contributed by atoms with Crippen molar-refractivity contribution in [2.45, 2.75) is 26.1 Å². The van der Waals surface area contributed by atoms with E-state index in [9.17, 15) is 4.79 Å². The molecule has 2 rings (SSSR count). The summed E-state index contributed by atoms with van der Waals surface area (Å²) in [5.41, 5.74) is 0.508. The van der Waals surface area contributed by atoms with E-state index in [0.717, 1.165) is 11.3 Å². The van der Waals surface area contributed by atoms with Gasteiger partial charge >= 0.3 is 0 Å². The van der Waals surface area contributed by atoms with Crippen molar-refractivity contribution in [3.8, 4) is 11.5 Å². The molecule has 0 aliphatic heterocycles. The van der Waals surface area contributed by atoms with Crippen molar-refractivity contribution < 1.29 is 19.0 Å². The molecule has 134 valence electrons. The Labute approximate surface area is 148 Å². The molecule has 0 fully saturated rings. The first-order chi connectivity index (χ1) is 11.9. The van der Waals surface area contributed by atoms with Gasteiger partial charge in [-0.15, -0.1) is 0 Å². The third-order valence-electron chi connectivity index (χ3n) is 3.52. The third kappa shape index (κ3) is 5.46. The molecule has 1 heterocycles. The lowest BCUT2D eigenvalue weighted by atomic mass is 10.1. The smallest absolute Gasteiger partial charge is 0.270 e. The molecule has 1 N–H and O–H groups in total. The molecule has 0 spiro atoms. The number of aromatic nitrogens is 1. The Morgan fingerprint density at radius 2 is 1.92 bits per heavy atom. The van der Waals surface area contributed by atoms with E-state index in [1.807, 2.05) is 38.1 Å². The minimum atomic E-state index is -0.599. The number of pyridine rings is 1. The molecule has 25 heavy (non-hydrogen) atoms. The van der Waals surface area contributed by atoms with E-state index in [1.54, 1.807) is 32.5 Å². The van der Waals surface area contributed by atoms with E-state index in [4.69, 9.17) is 14.2 Å². The Hall–Kier alpha value is -2.60. The van der Waals surface area contributed by atoms with Gasteiger partial charge in [-0.3, -0.25) is 9.78 Å². The van der Waals surface area contributed by atoms with E-state index in [2.05, 4.69) is 10.3 Å².